The molecule has 0 aromatic heterocycles. The van der Waals surface area contributed by atoms with Gasteiger partial charge < -0.3 is 10.1 Å². The Kier molecular flexibility index (Phi) is 5.49. The third-order valence-electron chi connectivity index (χ3n) is 5.20. The van der Waals surface area contributed by atoms with Crippen molar-refractivity contribution in [3.8, 4) is 0 Å². The van der Waals surface area contributed by atoms with E-state index in [0.717, 1.165) is 21.2 Å². The minimum Gasteiger partial charge on any atom is -0.454 e. The number of rotatable bonds is 6. The highest BCUT2D eigenvalue weighted by Crippen LogP contribution is 2.24. The average Bonchev–Trinajstić information content (AvgIpc) is 3.02. The molecule has 0 aliphatic carbocycles. The first kappa shape index (κ1) is 20.3. The quantitative estimate of drug-likeness (QED) is 0.493. The Morgan fingerprint density at radius 2 is 1.52 bits per heavy atom. The number of carbonyl (C=O) groups is 4. The molecule has 0 fully saturated rings. The predicted octanol–water partition coefficient (Wildman–Crippen LogP) is 2.86. The second-order valence-electron chi connectivity index (χ2n) is 7.26. The van der Waals surface area contributed by atoms with Crippen molar-refractivity contribution < 1.29 is 23.9 Å². The van der Waals surface area contributed by atoms with Crippen LogP contribution in [0, 0.1) is 0 Å². The normalized spacial score (nSPS) is 13.8. The van der Waals surface area contributed by atoms with E-state index in [9.17, 15) is 19.2 Å². The van der Waals surface area contributed by atoms with Gasteiger partial charge in [0.1, 0.15) is 6.54 Å². The average molecular weight is 416 g/mol. The van der Waals surface area contributed by atoms with Gasteiger partial charge in [0, 0.05) is 0 Å². The summed E-state index contributed by atoms with van der Waals surface area (Å²) < 4.78 is 4.99. The molecule has 0 spiro atoms. The predicted molar refractivity (Wildman–Crippen MR) is 113 cm³/mol. The number of carbonyl (C=O) groups excluding carboxylic acids is 4. The highest BCUT2D eigenvalue weighted by molar-refractivity contribution is 6.22. The van der Waals surface area contributed by atoms with Gasteiger partial charge in [-0.3, -0.25) is 24.1 Å². The zero-order valence-corrected chi connectivity index (χ0v) is 16.8. The van der Waals surface area contributed by atoms with Crippen molar-refractivity contribution in [2.24, 2.45) is 0 Å². The maximum absolute atomic E-state index is 12.3. The van der Waals surface area contributed by atoms with E-state index in [2.05, 4.69) is 5.32 Å². The third-order valence-corrected chi connectivity index (χ3v) is 5.20. The lowest BCUT2D eigenvalue weighted by Gasteiger charge is -2.17. The summed E-state index contributed by atoms with van der Waals surface area (Å²) in [5.74, 6) is -2.41. The Bertz CT molecular complexity index is 1160. The largest absolute Gasteiger partial charge is 0.454 e. The molecule has 7 nitrogen and oxygen atoms in total. The maximum atomic E-state index is 12.3. The fraction of sp³-hybridized carbons (Fsp3) is 0.167. The van der Waals surface area contributed by atoms with Crippen LogP contribution in [-0.2, 0) is 14.3 Å². The van der Waals surface area contributed by atoms with Gasteiger partial charge in [-0.1, -0.05) is 54.6 Å². The Morgan fingerprint density at radius 3 is 2.23 bits per heavy atom. The van der Waals surface area contributed by atoms with Crippen LogP contribution in [0.25, 0.3) is 10.8 Å². The van der Waals surface area contributed by atoms with Crippen LogP contribution in [0.2, 0.25) is 0 Å². The molecule has 3 aromatic carbocycles. The topological polar surface area (TPSA) is 92.8 Å². The minimum atomic E-state index is -0.831. The molecule has 1 heterocycles. The highest BCUT2D eigenvalue weighted by atomic mass is 16.5. The summed E-state index contributed by atoms with van der Waals surface area (Å²) in [4.78, 5) is 49.8. The molecule has 3 amide bonds. The number of hydrogen-bond acceptors (Lipinski definition) is 5. The summed E-state index contributed by atoms with van der Waals surface area (Å²) in [6.07, 6.45) is 0. The van der Waals surface area contributed by atoms with Crippen LogP contribution in [0.3, 0.4) is 0 Å². The standard InChI is InChI=1S/C24H20N2O5/c1-15(17-12-6-8-16-7-2-3-9-18(16)17)25-21(27)14-31-22(28)13-26-23(29)19-10-4-5-11-20(19)24(26)30/h2-12,15H,13-14H2,1H3,(H,25,27)/t15-/m0/s1. The SMILES string of the molecule is C[C@H](NC(=O)COC(=O)CN1C(=O)c2ccccc2C1=O)c1cccc2ccccc12. The Morgan fingerprint density at radius 1 is 0.903 bits per heavy atom. The highest BCUT2D eigenvalue weighted by Gasteiger charge is 2.36. The lowest BCUT2D eigenvalue weighted by Crippen LogP contribution is -2.37. The molecule has 4 rings (SSSR count). The van der Waals surface area contributed by atoms with E-state index in [1.54, 1.807) is 12.1 Å². The van der Waals surface area contributed by atoms with Crippen LogP contribution >= 0.6 is 0 Å². The number of nitrogens with zero attached hydrogens (tertiary/aromatic N) is 1. The maximum Gasteiger partial charge on any atom is 0.326 e. The minimum absolute atomic E-state index is 0.252. The molecule has 0 saturated heterocycles. The molecule has 1 aliphatic heterocycles. The fourth-order valence-electron chi connectivity index (χ4n) is 3.69. The number of imide groups is 1. The van der Waals surface area contributed by atoms with E-state index in [4.69, 9.17) is 4.74 Å². The first-order valence-electron chi connectivity index (χ1n) is 9.83. The van der Waals surface area contributed by atoms with Crippen molar-refractivity contribution >= 4 is 34.5 Å². The molecule has 7 heteroatoms. The summed E-state index contributed by atoms with van der Waals surface area (Å²) in [6, 6.07) is 19.8. The van der Waals surface area contributed by atoms with Gasteiger partial charge in [0.05, 0.1) is 17.2 Å². The molecule has 1 atom stereocenters. The van der Waals surface area contributed by atoms with Crippen LogP contribution in [0.15, 0.2) is 66.7 Å². The zero-order chi connectivity index (χ0) is 22.0. The number of nitrogens with one attached hydrogen (secondary N) is 1. The van der Waals surface area contributed by atoms with Crippen LogP contribution in [-0.4, -0.2) is 41.7 Å². The summed E-state index contributed by atoms with van der Waals surface area (Å²) in [7, 11) is 0. The Labute approximate surface area is 178 Å². The molecule has 0 saturated carbocycles. The van der Waals surface area contributed by atoms with Crippen molar-refractivity contribution in [3.63, 3.8) is 0 Å². The lowest BCUT2D eigenvalue weighted by atomic mass is 10.00. The van der Waals surface area contributed by atoms with Crippen molar-refractivity contribution in [2.75, 3.05) is 13.2 Å². The first-order valence-corrected chi connectivity index (χ1v) is 9.83. The Hall–Kier alpha value is -4.00. The molecule has 1 N–H and O–H groups in total. The van der Waals surface area contributed by atoms with Gasteiger partial charge in [-0.05, 0) is 35.4 Å². The third kappa shape index (κ3) is 4.02. The Balaban J connectivity index is 1.32. The van der Waals surface area contributed by atoms with E-state index in [1.807, 2.05) is 49.4 Å². The van der Waals surface area contributed by atoms with E-state index >= 15 is 0 Å². The number of benzene rings is 3. The molecule has 0 unspecified atom stereocenters. The van der Waals surface area contributed by atoms with Gasteiger partial charge >= 0.3 is 5.97 Å². The molecule has 156 valence electrons. The molecular formula is C24H20N2O5. The molecule has 0 bridgehead atoms. The number of ether oxygens (including phenoxy) is 1. The van der Waals surface area contributed by atoms with Crippen LogP contribution in [0.1, 0.15) is 39.2 Å². The number of fused-ring (bicyclic) bond motifs is 2. The van der Waals surface area contributed by atoms with E-state index in [0.29, 0.717) is 0 Å². The molecule has 0 radical (unpaired) electrons. The molecule has 31 heavy (non-hydrogen) atoms. The summed E-state index contributed by atoms with van der Waals surface area (Å²) in [5.41, 5.74) is 1.45. The second-order valence-corrected chi connectivity index (χ2v) is 7.26. The number of esters is 1. The van der Waals surface area contributed by atoms with Crippen molar-refractivity contribution in [1.82, 2.24) is 10.2 Å². The van der Waals surface area contributed by atoms with Crippen LogP contribution in [0.5, 0.6) is 0 Å². The monoisotopic (exact) mass is 416 g/mol. The van der Waals surface area contributed by atoms with Gasteiger partial charge in [0.25, 0.3) is 17.7 Å². The van der Waals surface area contributed by atoms with E-state index in [-0.39, 0.29) is 17.2 Å². The van der Waals surface area contributed by atoms with Crippen molar-refractivity contribution in [3.05, 3.63) is 83.4 Å². The van der Waals surface area contributed by atoms with Crippen molar-refractivity contribution in [1.29, 1.82) is 0 Å². The zero-order valence-electron chi connectivity index (χ0n) is 16.8. The smallest absolute Gasteiger partial charge is 0.326 e. The van der Waals surface area contributed by atoms with E-state index < -0.39 is 36.8 Å². The van der Waals surface area contributed by atoms with Gasteiger partial charge in [-0.2, -0.15) is 0 Å². The molecular weight excluding hydrogens is 396 g/mol. The van der Waals surface area contributed by atoms with E-state index in [1.165, 1.54) is 12.1 Å². The van der Waals surface area contributed by atoms with Gasteiger partial charge in [0.2, 0.25) is 0 Å². The van der Waals surface area contributed by atoms with Gasteiger partial charge in [0.15, 0.2) is 6.61 Å². The molecule has 1 aliphatic rings. The number of hydrogen-bond donors (Lipinski definition) is 1. The summed E-state index contributed by atoms with van der Waals surface area (Å²) in [5, 5.41) is 4.90. The van der Waals surface area contributed by atoms with Gasteiger partial charge in [-0.15, -0.1) is 0 Å². The van der Waals surface area contributed by atoms with Crippen LogP contribution in [0.4, 0.5) is 0 Å². The number of amides is 3. The van der Waals surface area contributed by atoms with Crippen LogP contribution < -0.4 is 5.32 Å². The first-order chi connectivity index (χ1) is 15.0. The van der Waals surface area contributed by atoms with Crippen molar-refractivity contribution in [2.45, 2.75) is 13.0 Å². The lowest BCUT2D eigenvalue weighted by molar-refractivity contribution is -0.148. The summed E-state index contributed by atoms with van der Waals surface area (Å²) in [6.45, 7) is 0.801. The molecule has 3 aromatic rings. The van der Waals surface area contributed by atoms with Gasteiger partial charge in [-0.25, -0.2) is 0 Å². The fourth-order valence-corrected chi connectivity index (χ4v) is 3.69. The summed E-state index contributed by atoms with van der Waals surface area (Å²) >= 11 is 0. The second kappa shape index (κ2) is 8.39.